The van der Waals surface area contributed by atoms with Crippen molar-refractivity contribution in [3.05, 3.63) is 18.5 Å². The van der Waals surface area contributed by atoms with Crippen LogP contribution in [0.15, 0.2) is 18.5 Å². The highest BCUT2D eigenvalue weighted by molar-refractivity contribution is 5.88. The molecular weight excluding hydrogens is 220 g/mol. The van der Waals surface area contributed by atoms with Crippen molar-refractivity contribution < 1.29 is 9.53 Å². The van der Waals surface area contributed by atoms with E-state index in [4.69, 9.17) is 4.74 Å². The molecule has 1 aromatic heterocycles. The van der Waals surface area contributed by atoms with Gasteiger partial charge in [-0.05, 0) is 6.07 Å². The minimum atomic E-state index is -0.0531. The topological polar surface area (TPSA) is 67.3 Å². The number of rotatable bonds is 4. The molecule has 0 aromatic carbocycles. The van der Waals surface area contributed by atoms with Gasteiger partial charge in [0.05, 0.1) is 13.2 Å². The Morgan fingerprint density at radius 2 is 2.06 bits per heavy atom. The number of anilines is 1. The van der Waals surface area contributed by atoms with Gasteiger partial charge in [-0.15, -0.1) is 0 Å². The number of hydrogen-bond acceptors (Lipinski definition) is 5. The maximum atomic E-state index is 11.6. The van der Waals surface area contributed by atoms with E-state index in [0.717, 1.165) is 32.8 Å². The molecule has 0 spiro atoms. The van der Waals surface area contributed by atoms with Crippen molar-refractivity contribution in [1.29, 1.82) is 0 Å². The van der Waals surface area contributed by atoms with Crippen LogP contribution in [0.2, 0.25) is 0 Å². The molecule has 1 amide bonds. The summed E-state index contributed by atoms with van der Waals surface area (Å²) in [6, 6.07) is 1.71. The van der Waals surface area contributed by atoms with Crippen LogP contribution in [0.5, 0.6) is 0 Å². The Balaban J connectivity index is 1.70. The molecule has 0 aliphatic carbocycles. The first-order valence-electron chi connectivity index (χ1n) is 5.71. The fourth-order valence-electron chi connectivity index (χ4n) is 1.64. The van der Waals surface area contributed by atoms with Crippen molar-refractivity contribution in [3.8, 4) is 0 Å². The molecule has 1 N–H and O–H groups in total. The third-order valence-corrected chi connectivity index (χ3v) is 2.58. The number of amides is 1. The second-order valence-electron chi connectivity index (χ2n) is 3.82. The van der Waals surface area contributed by atoms with Gasteiger partial charge in [-0.3, -0.25) is 15.0 Å². The van der Waals surface area contributed by atoms with Crippen molar-refractivity contribution in [2.45, 2.75) is 6.42 Å². The highest BCUT2D eigenvalue weighted by Crippen LogP contribution is 2.00. The molecule has 92 valence electrons. The summed E-state index contributed by atoms with van der Waals surface area (Å²) in [5.74, 6) is 0.308. The van der Waals surface area contributed by atoms with E-state index in [9.17, 15) is 4.79 Å². The van der Waals surface area contributed by atoms with Crippen LogP contribution in [0.3, 0.4) is 0 Å². The number of hydrogen-bond donors (Lipinski definition) is 1. The molecule has 1 fully saturated rings. The predicted octanol–water partition coefficient (Wildman–Crippen LogP) is 0.137. The minimum Gasteiger partial charge on any atom is -0.379 e. The zero-order valence-corrected chi connectivity index (χ0v) is 9.63. The number of aromatic nitrogens is 2. The summed E-state index contributed by atoms with van der Waals surface area (Å²) >= 11 is 0. The van der Waals surface area contributed by atoms with Gasteiger partial charge < -0.3 is 4.74 Å². The molecular formula is C11H16N4O2. The Hall–Kier alpha value is -1.53. The fourth-order valence-corrected chi connectivity index (χ4v) is 1.64. The summed E-state index contributed by atoms with van der Waals surface area (Å²) in [4.78, 5) is 21.7. The van der Waals surface area contributed by atoms with E-state index < -0.39 is 0 Å². The van der Waals surface area contributed by atoms with Crippen LogP contribution in [-0.4, -0.2) is 53.6 Å². The van der Waals surface area contributed by atoms with Gasteiger partial charge in [0.2, 0.25) is 11.9 Å². The first-order chi connectivity index (χ1) is 8.34. The number of nitrogens with one attached hydrogen (secondary N) is 1. The lowest BCUT2D eigenvalue weighted by molar-refractivity contribution is -0.116. The van der Waals surface area contributed by atoms with Crippen LogP contribution in [0, 0.1) is 0 Å². The van der Waals surface area contributed by atoms with Crippen molar-refractivity contribution in [1.82, 2.24) is 14.9 Å². The highest BCUT2D eigenvalue weighted by atomic mass is 16.5. The zero-order chi connectivity index (χ0) is 11.9. The van der Waals surface area contributed by atoms with Gasteiger partial charge >= 0.3 is 0 Å². The molecule has 0 bridgehead atoms. The molecule has 1 saturated heterocycles. The average Bonchev–Trinajstić information content (AvgIpc) is 2.39. The van der Waals surface area contributed by atoms with Gasteiger partial charge in [0.15, 0.2) is 0 Å². The number of nitrogens with zero attached hydrogens (tertiary/aromatic N) is 3. The number of carbonyl (C=O) groups is 1. The smallest absolute Gasteiger partial charge is 0.229 e. The monoisotopic (exact) mass is 236 g/mol. The first-order valence-corrected chi connectivity index (χ1v) is 5.71. The lowest BCUT2D eigenvalue weighted by atomic mass is 10.3. The average molecular weight is 236 g/mol. The van der Waals surface area contributed by atoms with Crippen molar-refractivity contribution in [2.24, 2.45) is 0 Å². The van der Waals surface area contributed by atoms with Crippen molar-refractivity contribution >= 4 is 11.9 Å². The van der Waals surface area contributed by atoms with E-state index in [0.29, 0.717) is 12.4 Å². The first kappa shape index (κ1) is 11.9. The van der Waals surface area contributed by atoms with Gasteiger partial charge in [0.1, 0.15) is 0 Å². The van der Waals surface area contributed by atoms with E-state index in [-0.39, 0.29) is 5.91 Å². The van der Waals surface area contributed by atoms with E-state index in [2.05, 4.69) is 20.2 Å². The zero-order valence-electron chi connectivity index (χ0n) is 9.63. The summed E-state index contributed by atoms with van der Waals surface area (Å²) in [5.41, 5.74) is 0. The molecule has 2 heterocycles. The lowest BCUT2D eigenvalue weighted by Crippen LogP contribution is -2.38. The molecule has 0 saturated carbocycles. The largest absolute Gasteiger partial charge is 0.379 e. The second kappa shape index (κ2) is 6.27. The molecule has 0 atom stereocenters. The Kier molecular flexibility index (Phi) is 4.40. The molecule has 6 heteroatoms. The molecule has 1 aromatic rings. The number of carbonyl (C=O) groups excluding carboxylic acids is 1. The van der Waals surface area contributed by atoms with Crippen LogP contribution in [0.1, 0.15) is 6.42 Å². The SMILES string of the molecule is O=C(CCN1CCOCC1)Nc1ncccn1. The quantitative estimate of drug-likeness (QED) is 0.805. The van der Waals surface area contributed by atoms with Crippen LogP contribution < -0.4 is 5.32 Å². The maximum absolute atomic E-state index is 11.6. The third-order valence-electron chi connectivity index (χ3n) is 2.58. The summed E-state index contributed by atoms with van der Waals surface area (Å²) in [6.45, 7) is 4.05. The predicted molar refractivity (Wildman–Crippen MR) is 62.5 cm³/mol. The van der Waals surface area contributed by atoms with E-state index in [1.165, 1.54) is 0 Å². The van der Waals surface area contributed by atoms with Crippen LogP contribution in [0.4, 0.5) is 5.95 Å². The molecule has 0 radical (unpaired) electrons. The summed E-state index contributed by atoms with van der Waals surface area (Å²) in [6.07, 6.45) is 3.66. The number of morpholine rings is 1. The summed E-state index contributed by atoms with van der Waals surface area (Å²) < 4.78 is 5.24. The van der Waals surface area contributed by atoms with Gasteiger partial charge in [-0.2, -0.15) is 0 Å². The lowest BCUT2D eigenvalue weighted by Gasteiger charge is -2.26. The van der Waals surface area contributed by atoms with Gasteiger partial charge in [0.25, 0.3) is 0 Å². The van der Waals surface area contributed by atoms with Gasteiger partial charge in [-0.1, -0.05) is 0 Å². The van der Waals surface area contributed by atoms with Crippen molar-refractivity contribution in [2.75, 3.05) is 38.2 Å². The summed E-state index contributed by atoms with van der Waals surface area (Å²) in [5, 5.41) is 2.66. The Bertz CT molecular complexity index is 352. The third kappa shape index (κ3) is 4.08. The van der Waals surface area contributed by atoms with E-state index in [1.807, 2.05) is 0 Å². The van der Waals surface area contributed by atoms with Gasteiger partial charge in [-0.25, -0.2) is 9.97 Å². The van der Waals surface area contributed by atoms with Gasteiger partial charge in [0, 0.05) is 38.4 Å². The maximum Gasteiger partial charge on any atom is 0.229 e. The summed E-state index contributed by atoms with van der Waals surface area (Å²) in [7, 11) is 0. The highest BCUT2D eigenvalue weighted by Gasteiger charge is 2.12. The molecule has 0 unspecified atom stereocenters. The molecule has 1 aliphatic rings. The fraction of sp³-hybridized carbons (Fsp3) is 0.545. The second-order valence-corrected chi connectivity index (χ2v) is 3.82. The Labute approximate surface area is 100 Å². The van der Waals surface area contributed by atoms with Crippen molar-refractivity contribution in [3.63, 3.8) is 0 Å². The minimum absolute atomic E-state index is 0.0531. The molecule has 1 aliphatic heterocycles. The molecule has 17 heavy (non-hydrogen) atoms. The molecule has 2 rings (SSSR count). The number of ether oxygens (including phenoxy) is 1. The Morgan fingerprint density at radius 3 is 2.76 bits per heavy atom. The Morgan fingerprint density at radius 1 is 1.35 bits per heavy atom. The van der Waals surface area contributed by atoms with Crippen LogP contribution in [0.25, 0.3) is 0 Å². The normalized spacial score (nSPS) is 16.7. The van der Waals surface area contributed by atoms with Crippen LogP contribution >= 0.6 is 0 Å². The van der Waals surface area contributed by atoms with Crippen LogP contribution in [-0.2, 0) is 9.53 Å². The van der Waals surface area contributed by atoms with E-state index in [1.54, 1.807) is 18.5 Å². The molecule has 6 nitrogen and oxygen atoms in total. The van der Waals surface area contributed by atoms with E-state index >= 15 is 0 Å². The standard InChI is InChI=1S/C11H16N4O2/c16-10(14-11-12-3-1-4-13-11)2-5-15-6-8-17-9-7-15/h1,3-4H,2,5-9H2,(H,12,13,14,16).